The second-order valence-corrected chi connectivity index (χ2v) is 4.44. The third kappa shape index (κ3) is 3.05. The first-order valence-corrected chi connectivity index (χ1v) is 6.33. The summed E-state index contributed by atoms with van der Waals surface area (Å²) in [7, 11) is 0. The van der Waals surface area contributed by atoms with E-state index in [1.165, 1.54) is 0 Å². The van der Waals surface area contributed by atoms with E-state index in [4.69, 9.17) is 0 Å². The molecule has 0 unspecified atom stereocenters. The summed E-state index contributed by atoms with van der Waals surface area (Å²) in [5.74, 6) is 0.290. The average Bonchev–Trinajstić information content (AvgIpc) is 2.40. The fourth-order valence-electron chi connectivity index (χ4n) is 1.69. The molecule has 0 radical (unpaired) electrons. The van der Waals surface area contributed by atoms with Crippen LogP contribution in [0, 0.1) is 19.7 Å². The molecule has 0 fully saturated rings. The number of halogens is 1. The highest BCUT2D eigenvalue weighted by molar-refractivity contribution is 5.54. The zero-order valence-corrected chi connectivity index (χ0v) is 11.4. The lowest BCUT2D eigenvalue weighted by atomic mass is 10.2. The quantitative estimate of drug-likeness (QED) is 0.917. The molecule has 2 aromatic rings. The van der Waals surface area contributed by atoms with Crippen LogP contribution in [0.4, 0.5) is 10.2 Å². The fraction of sp³-hybridized carbons (Fsp3) is 0.357. The Morgan fingerprint density at radius 3 is 2.74 bits per heavy atom. The maximum atomic E-state index is 13.9. The Hall–Kier alpha value is -2.04. The van der Waals surface area contributed by atoms with Crippen molar-refractivity contribution in [3.05, 3.63) is 35.4 Å². The minimum absolute atomic E-state index is 0.243. The fourth-order valence-corrected chi connectivity index (χ4v) is 1.69. The standard InChI is InChI=1S/C14H17FN4/c1-4-6-17-14-12(15)10(3)18-13(19-14)11-8-9(2)5-7-16-11/h5,7-8H,4,6H2,1-3H3,(H,17,18,19). The van der Waals surface area contributed by atoms with Crippen LogP contribution in [0.15, 0.2) is 18.3 Å². The van der Waals surface area contributed by atoms with E-state index >= 15 is 0 Å². The van der Waals surface area contributed by atoms with Crippen molar-refractivity contribution in [1.29, 1.82) is 0 Å². The Morgan fingerprint density at radius 1 is 1.26 bits per heavy atom. The normalized spacial score (nSPS) is 10.5. The number of pyridine rings is 1. The Kier molecular flexibility index (Phi) is 4.04. The van der Waals surface area contributed by atoms with E-state index in [2.05, 4.69) is 20.3 Å². The second-order valence-electron chi connectivity index (χ2n) is 4.44. The Labute approximate surface area is 112 Å². The van der Waals surface area contributed by atoms with Gasteiger partial charge in [0.15, 0.2) is 17.5 Å². The lowest BCUT2D eigenvalue weighted by molar-refractivity contribution is 0.605. The van der Waals surface area contributed by atoms with Gasteiger partial charge in [0.1, 0.15) is 5.69 Å². The van der Waals surface area contributed by atoms with Crippen LogP contribution >= 0.6 is 0 Å². The third-order valence-corrected chi connectivity index (χ3v) is 2.70. The van der Waals surface area contributed by atoms with Gasteiger partial charge in [0.2, 0.25) is 0 Å². The van der Waals surface area contributed by atoms with Gasteiger partial charge >= 0.3 is 0 Å². The molecule has 100 valence electrons. The SMILES string of the molecule is CCCNc1nc(-c2cc(C)ccn2)nc(C)c1F. The van der Waals surface area contributed by atoms with Gasteiger partial charge in [-0.25, -0.2) is 14.4 Å². The van der Waals surface area contributed by atoms with Crippen LogP contribution in [0.25, 0.3) is 11.5 Å². The van der Waals surface area contributed by atoms with E-state index in [9.17, 15) is 4.39 Å². The van der Waals surface area contributed by atoms with Crippen LogP contribution in [0.5, 0.6) is 0 Å². The summed E-state index contributed by atoms with van der Waals surface area (Å²) in [6, 6.07) is 3.78. The number of nitrogens with one attached hydrogen (secondary N) is 1. The minimum Gasteiger partial charge on any atom is -0.368 e. The van der Waals surface area contributed by atoms with Gasteiger partial charge in [-0.1, -0.05) is 6.92 Å². The number of hydrogen-bond acceptors (Lipinski definition) is 4. The second kappa shape index (κ2) is 5.73. The molecular formula is C14H17FN4. The summed E-state index contributed by atoms with van der Waals surface area (Å²) < 4.78 is 13.9. The topological polar surface area (TPSA) is 50.7 Å². The molecule has 0 aliphatic rings. The van der Waals surface area contributed by atoms with Gasteiger partial charge in [0, 0.05) is 12.7 Å². The lowest BCUT2D eigenvalue weighted by Gasteiger charge is -2.09. The van der Waals surface area contributed by atoms with Crippen molar-refractivity contribution in [2.75, 3.05) is 11.9 Å². The molecule has 0 aromatic carbocycles. The van der Waals surface area contributed by atoms with Gasteiger partial charge in [-0.05, 0) is 38.0 Å². The van der Waals surface area contributed by atoms with Gasteiger partial charge in [0.25, 0.3) is 0 Å². The molecule has 2 aromatic heterocycles. The highest BCUT2D eigenvalue weighted by Crippen LogP contribution is 2.20. The van der Waals surface area contributed by atoms with Gasteiger partial charge in [-0.2, -0.15) is 0 Å². The monoisotopic (exact) mass is 260 g/mol. The number of rotatable bonds is 4. The van der Waals surface area contributed by atoms with Gasteiger partial charge in [0.05, 0.1) is 5.69 Å². The van der Waals surface area contributed by atoms with E-state index in [0.717, 1.165) is 12.0 Å². The van der Waals surface area contributed by atoms with Gasteiger partial charge in [-0.3, -0.25) is 4.98 Å². The first-order chi connectivity index (χ1) is 9.11. The highest BCUT2D eigenvalue weighted by atomic mass is 19.1. The van der Waals surface area contributed by atoms with E-state index in [-0.39, 0.29) is 5.82 Å². The highest BCUT2D eigenvalue weighted by Gasteiger charge is 2.13. The van der Waals surface area contributed by atoms with Crippen LogP contribution in [0.3, 0.4) is 0 Å². The van der Waals surface area contributed by atoms with Crippen molar-refractivity contribution in [2.45, 2.75) is 27.2 Å². The predicted octanol–water partition coefficient (Wildman–Crippen LogP) is 3.12. The first-order valence-electron chi connectivity index (χ1n) is 6.33. The Bertz CT molecular complexity index is 584. The van der Waals surface area contributed by atoms with Crippen molar-refractivity contribution in [1.82, 2.24) is 15.0 Å². The van der Waals surface area contributed by atoms with Crippen molar-refractivity contribution in [3.63, 3.8) is 0 Å². The molecule has 0 aliphatic heterocycles. The molecule has 19 heavy (non-hydrogen) atoms. The van der Waals surface area contributed by atoms with Crippen molar-refractivity contribution < 1.29 is 4.39 Å². The lowest BCUT2D eigenvalue weighted by Crippen LogP contribution is -2.08. The van der Waals surface area contributed by atoms with Crippen LogP contribution in [-0.4, -0.2) is 21.5 Å². The Morgan fingerprint density at radius 2 is 2.05 bits per heavy atom. The smallest absolute Gasteiger partial charge is 0.186 e. The molecule has 0 saturated heterocycles. The van der Waals surface area contributed by atoms with Crippen LogP contribution in [-0.2, 0) is 0 Å². The van der Waals surface area contributed by atoms with E-state index in [1.807, 2.05) is 26.0 Å². The first kappa shape index (κ1) is 13.4. The molecule has 0 saturated carbocycles. The van der Waals surface area contributed by atoms with E-state index < -0.39 is 5.82 Å². The summed E-state index contributed by atoms with van der Waals surface area (Å²) in [4.78, 5) is 12.6. The predicted molar refractivity (Wildman–Crippen MR) is 73.5 cm³/mol. The van der Waals surface area contributed by atoms with Gasteiger partial charge < -0.3 is 5.32 Å². The summed E-state index contributed by atoms with van der Waals surface area (Å²) in [5.41, 5.74) is 2.05. The van der Waals surface area contributed by atoms with Gasteiger partial charge in [-0.15, -0.1) is 0 Å². The van der Waals surface area contributed by atoms with E-state index in [1.54, 1.807) is 13.1 Å². The van der Waals surface area contributed by atoms with Crippen molar-refractivity contribution in [3.8, 4) is 11.5 Å². The molecule has 0 aliphatic carbocycles. The zero-order valence-electron chi connectivity index (χ0n) is 11.4. The minimum atomic E-state index is -0.398. The van der Waals surface area contributed by atoms with Crippen molar-refractivity contribution in [2.24, 2.45) is 0 Å². The molecule has 2 heterocycles. The molecular weight excluding hydrogens is 243 g/mol. The number of anilines is 1. The number of nitrogens with zero attached hydrogens (tertiary/aromatic N) is 3. The molecule has 5 heteroatoms. The molecule has 0 spiro atoms. The summed E-state index contributed by atoms with van der Waals surface area (Å²) >= 11 is 0. The molecule has 2 rings (SSSR count). The Balaban J connectivity index is 2.44. The maximum Gasteiger partial charge on any atom is 0.186 e. The average molecular weight is 260 g/mol. The van der Waals surface area contributed by atoms with Crippen LogP contribution in [0.2, 0.25) is 0 Å². The van der Waals surface area contributed by atoms with Crippen LogP contribution in [0.1, 0.15) is 24.6 Å². The molecule has 0 amide bonds. The zero-order chi connectivity index (χ0) is 13.8. The number of aryl methyl sites for hydroxylation is 2. The third-order valence-electron chi connectivity index (χ3n) is 2.70. The summed E-state index contributed by atoms with van der Waals surface area (Å²) in [5, 5.41) is 2.97. The molecule has 4 nitrogen and oxygen atoms in total. The van der Waals surface area contributed by atoms with E-state index in [0.29, 0.717) is 23.8 Å². The van der Waals surface area contributed by atoms with Crippen LogP contribution < -0.4 is 5.32 Å². The molecule has 0 bridgehead atoms. The largest absolute Gasteiger partial charge is 0.368 e. The molecule has 0 atom stereocenters. The summed E-state index contributed by atoms with van der Waals surface area (Å²) in [6.45, 7) is 6.29. The molecule has 1 N–H and O–H groups in total. The number of hydrogen-bond donors (Lipinski definition) is 1. The number of aromatic nitrogens is 3. The summed E-state index contributed by atoms with van der Waals surface area (Å²) in [6.07, 6.45) is 2.60. The van der Waals surface area contributed by atoms with Crippen molar-refractivity contribution >= 4 is 5.82 Å². The maximum absolute atomic E-state index is 13.9.